The number of hydrogen-bond acceptors (Lipinski definition) is 5. The van der Waals surface area contributed by atoms with Crippen LogP contribution >= 0.6 is 11.8 Å². The number of hydrazone groups is 1. The Kier molecular flexibility index (Phi) is 8.52. The number of carbonyl (C=O) groups is 1. The van der Waals surface area contributed by atoms with Crippen molar-refractivity contribution in [2.24, 2.45) is 5.10 Å². The van der Waals surface area contributed by atoms with Gasteiger partial charge in [-0.05, 0) is 80.1 Å². The molecule has 0 radical (unpaired) electrons. The van der Waals surface area contributed by atoms with Gasteiger partial charge in [-0.3, -0.25) is 4.79 Å². The summed E-state index contributed by atoms with van der Waals surface area (Å²) in [6, 6.07) is 35.9. The Balaban J connectivity index is 1.41. The molecule has 0 spiro atoms. The van der Waals surface area contributed by atoms with Crippen molar-refractivity contribution in [3.8, 4) is 22.7 Å². The highest BCUT2D eigenvalue weighted by Crippen LogP contribution is 2.32. The molecule has 43 heavy (non-hydrogen) atoms. The summed E-state index contributed by atoms with van der Waals surface area (Å²) in [6.07, 6.45) is 4.85. The first-order valence-electron chi connectivity index (χ1n) is 14.4. The number of carbonyl (C=O) groups excluding carboxylic acids is 1. The number of ether oxygens (including phenoxy) is 1. The lowest BCUT2D eigenvalue weighted by molar-refractivity contribution is -0.114. The minimum Gasteiger partial charge on any atom is -0.494 e. The molecule has 1 aromatic heterocycles. The normalized spacial score (nSPS) is 13.9. The fourth-order valence-electron chi connectivity index (χ4n) is 4.75. The molecule has 2 heterocycles. The van der Waals surface area contributed by atoms with Gasteiger partial charge in [-0.15, -0.1) is 11.8 Å². The summed E-state index contributed by atoms with van der Waals surface area (Å²) < 4.78 is 7.66. The van der Waals surface area contributed by atoms with Crippen molar-refractivity contribution >= 4 is 35.1 Å². The van der Waals surface area contributed by atoms with Gasteiger partial charge in [0.25, 0.3) is 5.91 Å². The lowest BCUT2D eigenvalue weighted by atomic mass is 10.0. The van der Waals surface area contributed by atoms with Crippen LogP contribution in [0.5, 0.6) is 5.75 Å². The predicted molar refractivity (Wildman–Crippen MR) is 176 cm³/mol. The Morgan fingerprint density at radius 3 is 2.19 bits per heavy atom. The van der Waals surface area contributed by atoms with Crippen LogP contribution in [-0.2, 0) is 4.79 Å². The van der Waals surface area contributed by atoms with Crippen LogP contribution in [0.3, 0.4) is 0 Å². The Hall–Kier alpha value is -4.88. The Morgan fingerprint density at radius 1 is 0.837 bits per heavy atom. The molecule has 1 amide bonds. The van der Waals surface area contributed by atoms with E-state index in [4.69, 9.17) is 14.9 Å². The van der Waals surface area contributed by atoms with Crippen molar-refractivity contribution < 1.29 is 9.53 Å². The maximum absolute atomic E-state index is 13.9. The summed E-state index contributed by atoms with van der Waals surface area (Å²) in [5.41, 5.74) is 6.69. The lowest BCUT2D eigenvalue weighted by Crippen LogP contribution is -2.21. The first-order chi connectivity index (χ1) is 21.1. The molecule has 0 unspecified atom stereocenters. The van der Waals surface area contributed by atoms with Gasteiger partial charge in [0.1, 0.15) is 5.75 Å². The molecule has 4 aromatic carbocycles. The van der Waals surface area contributed by atoms with E-state index in [9.17, 15) is 4.79 Å². The molecule has 1 aliphatic heterocycles. The van der Waals surface area contributed by atoms with E-state index in [0.717, 1.165) is 51.0 Å². The van der Waals surface area contributed by atoms with Crippen LogP contribution in [0.2, 0.25) is 0 Å². The largest absolute Gasteiger partial charge is 0.494 e. The number of aromatic nitrogens is 2. The van der Waals surface area contributed by atoms with Gasteiger partial charge in [-0.25, -0.2) is 4.68 Å². The zero-order valence-electron chi connectivity index (χ0n) is 24.2. The molecule has 1 aliphatic rings. The van der Waals surface area contributed by atoms with Crippen LogP contribution in [0.25, 0.3) is 23.0 Å². The molecule has 6 rings (SSSR count). The lowest BCUT2D eigenvalue weighted by Gasteiger charge is -2.11. The number of anilines is 1. The number of para-hydroxylation sites is 2. The van der Waals surface area contributed by atoms with Crippen molar-refractivity contribution in [2.45, 2.75) is 25.2 Å². The Morgan fingerprint density at radius 2 is 1.51 bits per heavy atom. The Bertz CT molecular complexity index is 1760. The molecule has 5 aromatic rings. The van der Waals surface area contributed by atoms with Crippen molar-refractivity contribution in [2.75, 3.05) is 17.4 Å². The first kappa shape index (κ1) is 28.2. The standard InChI is InChI=1S/C36H32N4O2S/c1-3-22-42-31-18-16-27(17-19-31)35-28(24-39(38-35)29-10-6-4-7-11-29)23-33-34(25-43-32-20-14-26(2)15-21-32)37-40(36(33)41)30-12-8-5-9-13-30/h4-21,23-24H,3,22,25H2,1-2H3. The van der Waals surface area contributed by atoms with E-state index in [1.807, 2.05) is 102 Å². The molecule has 7 heteroatoms. The van der Waals surface area contributed by atoms with Crippen LogP contribution in [0, 0.1) is 6.92 Å². The topological polar surface area (TPSA) is 59.7 Å². The van der Waals surface area contributed by atoms with Gasteiger partial charge < -0.3 is 4.74 Å². The monoisotopic (exact) mass is 584 g/mol. The van der Waals surface area contributed by atoms with Gasteiger partial charge in [-0.2, -0.15) is 15.2 Å². The van der Waals surface area contributed by atoms with E-state index in [1.54, 1.807) is 11.8 Å². The molecular formula is C36H32N4O2S. The van der Waals surface area contributed by atoms with Crippen molar-refractivity contribution in [1.29, 1.82) is 0 Å². The second kappa shape index (κ2) is 13.0. The number of rotatable bonds is 10. The molecule has 0 atom stereocenters. The van der Waals surface area contributed by atoms with Crippen molar-refractivity contribution in [3.05, 3.63) is 132 Å². The van der Waals surface area contributed by atoms with Gasteiger partial charge >= 0.3 is 0 Å². The highest BCUT2D eigenvalue weighted by atomic mass is 32.2. The molecule has 0 saturated carbocycles. The molecule has 0 saturated heterocycles. The summed E-state index contributed by atoms with van der Waals surface area (Å²) in [6.45, 7) is 4.83. The van der Waals surface area contributed by atoms with E-state index in [0.29, 0.717) is 17.9 Å². The zero-order chi connectivity index (χ0) is 29.6. The van der Waals surface area contributed by atoms with Crippen molar-refractivity contribution in [3.63, 3.8) is 0 Å². The molecule has 0 N–H and O–H groups in total. The highest BCUT2D eigenvalue weighted by Gasteiger charge is 2.31. The third-order valence-electron chi connectivity index (χ3n) is 7.02. The van der Waals surface area contributed by atoms with Crippen LogP contribution in [0.1, 0.15) is 24.5 Å². The maximum atomic E-state index is 13.9. The SMILES string of the molecule is CCCOc1ccc(-c2nn(-c3ccccc3)cc2C=C2C(=O)N(c3ccccc3)N=C2CSc2ccc(C)cc2)cc1. The van der Waals surface area contributed by atoms with Crippen molar-refractivity contribution in [1.82, 2.24) is 9.78 Å². The van der Waals surface area contributed by atoms with Crippen LogP contribution in [-0.4, -0.2) is 33.8 Å². The second-order valence-corrected chi connectivity index (χ2v) is 11.3. The molecule has 214 valence electrons. The Labute approximate surface area is 256 Å². The van der Waals surface area contributed by atoms with E-state index >= 15 is 0 Å². The van der Waals surface area contributed by atoms with Gasteiger partial charge in [0.05, 0.1) is 35.0 Å². The number of nitrogens with zero attached hydrogens (tertiary/aromatic N) is 4. The third-order valence-corrected chi connectivity index (χ3v) is 8.04. The van der Waals surface area contributed by atoms with E-state index < -0.39 is 0 Å². The average Bonchev–Trinajstić information content (AvgIpc) is 3.62. The van der Waals surface area contributed by atoms with Crippen LogP contribution < -0.4 is 9.75 Å². The number of thioether (sulfide) groups is 1. The van der Waals surface area contributed by atoms with E-state index in [2.05, 4.69) is 38.1 Å². The van der Waals surface area contributed by atoms with E-state index in [-0.39, 0.29) is 5.91 Å². The first-order valence-corrected chi connectivity index (χ1v) is 15.3. The molecule has 0 aliphatic carbocycles. The summed E-state index contributed by atoms with van der Waals surface area (Å²) in [4.78, 5) is 15.1. The highest BCUT2D eigenvalue weighted by molar-refractivity contribution is 8.00. The summed E-state index contributed by atoms with van der Waals surface area (Å²) in [7, 11) is 0. The maximum Gasteiger partial charge on any atom is 0.280 e. The number of hydrogen-bond donors (Lipinski definition) is 0. The second-order valence-electron chi connectivity index (χ2n) is 10.2. The van der Waals surface area contributed by atoms with Gasteiger partial charge in [-0.1, -0.05) is 61.0 Å². The molecule has 0 bridgehead atoms. The molecule has 0 fully saturated rings. The fourth-order valence-corrected chi connectivity index (χ4v) is 5.60. The van der Waals surface area contributed by atoms with E-state index in [1.165, 1.54) is 10.6 Å². The smallest absolute Gasteiger partial charge is 0.280 e. The zero-order valence-corrected chi connectivity index (χ0v) is 25.0. The van der Waals surface area contributed by atoms with Crippen LogP contribution in [0.4, 0.5) is 5.69 Å². The van der Waals surface area contributed by atoms with Gasteiger partial charge in [0.15, 0.2) is 0 Å². The number of aryl methyl sites for hydroxylation is 1. The minimum atomic E-state index is -0.160. The summed E-state index contributed by atoms with van der Waals surface area (Å²) >= 11 is 1.67. The molecule has 6 nitrogen and oxygen atoms in total. The minimum absolute atomic E-state index is 0.160. The average molecular weight is 585 g/mol. The van der Waals surface area contributed by atoms with Crippen LogP contribution in [0.15, 0.2) is 131 Å². The van der Waals surface area contributed by atoms with Gasteiger partial charge in [0.2, 0.25) is 0 Å². The summed E-state index contributed by atoms with van der Waals surface area (Å²) in [5.74, 6) is 1.21. The fraction of sp³-hybridized carbons (Fsp3) is 0.139. The summed E-state index contributed by atoms with van der Waals surface area (Å²) in [5, 5.41) is 11.3. The number of benzene rings is 4. The third kappa shape index (κ3) is 6.47. The quantitative estimate of drug-likeness (QED) is 0.123. The van der Waals surface area contributed by atoms with Gasteiger partial charge in [0, 0.05) is 28.0 Å². The molecular weight excluding hydrogens is 552 g/mol. The predicted octanol–water partition coefficient (Wildman–Crippen LogP) is 8.22. The number of amides is 1.